The van der Waals surface area contributed by atoms with E-state index in [2.05, 4.69) is 0 Å². The number of hydrogen-bond donors (Lipinski definition) is 2. The van der Waals surface area contributed by atoms with Crippen LogP contribution in [0.15, 0.2) is 119 Å². The Kier molecular flexibility index (Phi) is 7.23. The van der Waals surface area contributed by atoms with Crippen molar-refractivity contribution in [1.82, 2.24) is 0 Å². The van der Waals surface area contributed by atoms with Crippen LogP contribution in [0.2, 0.25) is 0 Å². The number of hydrogen-bond acceptors (Lipinski definition) is 4. The average Bonchev–Trinajstić information content (AvgIpc) is 2.93. The van der Waals surface area contributed by atoms with E-state index in [-0.39, 0.29) is 23.6 Å². The number of nitrogens with zero attached hydrogens (tertiary/aromatic N) is 2. The van der Waals surface area contributed by atoms with E-state index in [0.717, 1.165) is 59.4 Å². The largest absolute Gasteiger partial charge is 0.507 e. The van der Waals surface area contributed by atoms with Gasteiger partial charge in [0.25, 0.3) is 0 Å². The molecule has 0 spiro atoms. The first-order valence-corrected chi connectivity index (χ1v) is 12.5. The number of phenols is 2. The van der Waals surface area contributed by atoms with Crippen LogP contribution in [0.3, 0.4) is 0 Å². The van der Waals surface area contributed by atoms with Gasteiger partial charge >= 0.3 is 0 Å². The Balaban J connectivity index is 1.62. The van der Waals surface area contributed by atoms with E-state index in [1.54, 1.807) is 12.1 Å². The number of rotatable bonds is 6. The van der Waals surface area contributed by atoms with E-state index in [1.807, 2.05) is 97.1 Å². The van der Waals surface area contributed by atoms with E-state index < -0.39 is 0 Å². The highest BCUT2D eigenvalue weighted by molar-refractivity contribution is 6.15. The molecule has 4 aromatic carbocycles. The summed E-state index contributed by atoms with van der Waals surface area (Å²) in [6, 6.07) is 34.7. The quantitative estimate of drug-likeness (QED) is 0.302. The molecule has 0 aromatic heterocycles. The Morgan fingerprint density at radius 1 is 0.500 bits per heavy atom. The van der Waals surface area contributed by atoms with Crippen LogP contribution in [0.5, 0.6) is 11.5 Å². The van der Waals surface area contributed by atoms with Crippen LogP contribution in [0.25, 0.3) is 0 Å². The maximum atomic E-state index is 10.7. The molecule has 2 atom stereocenters. The van der Waals surface area contributed by atoms with Crippen molar-refractivity contribution in [3.63, 3.8) is 0 Å². The minimum atomic E-state index is -0.0434. The van der Waals surface area contributed by atoms with Crippen molar-refractivity contribution < 1.29 is 10.2 Å². The second kappa shape index (κ2) is 11.0. The Labute approximate surface area is 212 Å². The predicted molar refractivity (Wildman–Crippen MR) is 146 cm³/mol. The topological polar surface area (TPSA) is 65.2 Å². The summed E-state index contributed by atoms with van der Waals surface area (Å²) in [5, 5.41) is 21.3. The van der Waals surface area contributed by atoms with Gasteiger partial charge in [-0.3, -0.25) is 9.98 Å². The number of phenolic OH excluding ortho intramolecular Hbond substituents is 2. The molecular weight excluding hydrogens is 444 g/mol. The summed E-state index contributed by atoms with van der Waals surface area (Å²) >= 11 is 0. The summed E-state index contributed by atoms with van der Waals surface area (Å²) in [4.78, 5) is 10.5. The summed E-state index contributed by atoms with van der Waals surface area (Å²) in [6.07, 6.45) is 4.00. The molecule has 1 saturated carbocycles. The zero-order valence-corrected chi connectivity index (χ0v) is 20.2. The molecule has 4 aromatic rings. The van der Waals surface area contributed by atoms with Crippen molar-refractivity contribution in [2.75, 3.05) is 0 Å². The fourth-order valence-corrected chi connectivity index (χ4v) is 4.86. The molecule has 4 nitrogen and oxygen atoms in total. The fraction of sp³-hybridized carbons (Fsp3) is 0.188. The van der Waals surface area contributed by atoms with Gasteiger partial charge in [-0.15, -0.1) is 0 Å². The van der Waals surface area contributed by atoms with Gasteiger partial charge < -0.3 is 10.2 Å². The molecule has 36 heavy (non-hydrogen) atoms. The zero-order valence-electron chi connectivity index (χ0n) is 20.2. The van der Waals surface area contributed by atoms with Crippen LogP contribution in [0, 0.1) is 0 Å². The Morgan fingerprint density at radius 2 is 0.861 bits per heavy atom. The molecule has 1 aliphatic carbocycles. The highest BCUT2D eigenvalue weighted by atomic mass is 16.3. The first-order chi connectivity index (χ1) is 17.7. The molecule has 0 heterocycles. The summed E-state index contributed by atoms with van der Waals surface area (Å²) in [5.41, 5.74) is 4.95. The lowest BCUT2D eigenvalue weighted by molar-refractivity contribution is 0.388. The van der Waals surface area contributed by atoms with Crippen molar-refractivity contribution in [3.05, 3.63) is 131 Å². The predicted octanol–water partition coefficient (Wildman–Crippen LogP) is 6.78. The molecule has 0 saturated heterocycles. The van der Waals surface area contributed by atoms with Gasteiger partial charge in [0.15, 0.2) is 0 Å². The molecule has 180 valence electrons. The van der Waals surface area contributed by atoms with Crippen LogP contribution in [0.1, 0.15) is 47.9 Å². The number of benzene rings is 4. The monoisotopic (exact) mass is 474 g/mol. The van der Waals surface area contributed by atoms with Gasteiger partial charge in [0.2, 0.25) is 0 Å². The van der Waals surface area contributed by atoms with E-state index in [1.165, 1.54) is 0 Å². The average molecular weight is 475 g/mol. The zero-order chi connectivity index (χ0) is 24.7. The molecular formula is C32H30N2O2. The van der Waals surface area contributed by atoms with Gasteiger partial charge in [0.1, 0.15) is 11.5 Å². The van der Waals surface area contributed by atoms with Crippen LogP contribution >= 0.6 is 0 Å². The first kappa shape index (κ1) is 23.6. The van der Waals surface area contributed by atoms with Gasteiger partial charge in [-0.05, 0) is 37.1 Å². The molecule has 4 heteroatoms. The Bertz CT molecular complexity index is 1260. The maximum absolute atomic E-state index is 10.7. The second-order valence-electron chi connectivity index (χ2n) is 9.14. The minimum Gasteiger partial charge on any atom is -0.507 e. The van der Waals surface area contributed by atoms with Crippen LogP contribution in [-0.2, 0) is 0 Å². The summed E-state index contributed by atoms with van der Waals surface area (Å²) in [6.45, 7) is 0. The molecule has 1 fully saturated rings. The second-order valence-corrected chi connectivity index (χ2v) is 9.14. The van der Waals surface area contributed by atoms with Gasteiger partial charge in [-0.25, -0.2) is 0 Å². The molecule has 0 amide bonds. The molecule has 2 unspecified atom stereocenters. The van der Waals surface area contributed by atoms with Crippen molar-refractivity contribution >= 4 is 11.4 Å². The molecule has 0 bridgehead atoms. The summed E-state index contributed by atoms with van der Waals surface area (Å²) in [5.74, 6) is 0.435. The summed E-state index contributed by atoms with van der Waals surface area (Å²) < 4.78 is 0. The van der Waals surface area contributed by atoms with Crippen molar-refractivity contribution in [2.45, 2.75) is 37.8 Å². The number of aromatic hydroxyl groups is 2. The van der Waals surface area contributed by atoms with E-state index in [4.69, 9.17) is 9.98 Å². The Morgan fingerprint density at radius 3 is 1.25 bits per heavy atom. The third kappa shape index (κ3) is 5.23. The lowest BCUT2D eigenvalue weighted by atomic mass is 9.89. The lowest BCUT2D eigenvalue weighted by Gasteiger charge is -2.28. The lowest BCUT2D eigenvalue weighted by Crippen LogP contribution is -2.30. The molecule has 0 aliphatic heterocycles. The van der Waals surface area contributed by atoms with Crippen LogP contribution in [0.4, 0.5) is 0 Å². The summed E-state index contributed by atoms with van der Waals surface area (Å²) in [7, 11) is 0. The van der Waals surface area contributed by atoms with E-state index in [9.17, 15) is 10.2 Å². The van der Waals surface area contributed by atoms with E-state index >= 15 is 0 Å². The number of para-hydroxylation sites is 2. The third-order valence-electron chi connectivity index (χ3n) is 6.70. The van der Waals surface area contributed by atoms with Crippen molar-refractivity contribution in [1.29, 1.82) is 0 Å². The van der Waals surface area contributed by atoms with Gasteiger partial charge in [-0.2, -0.15) is 0 Å². The maximum Gasteiger partial charge on any atom is 0.124 e. The van der Waals surface area contributed by atoms with Gasteiger partial charge in [0.05, 0.1) is 23.5 Å². The highest BCUT2D eigenvalue weighted by Gasteiger charge is 2.27. The molecule has 5 rings (SSSR count). The molecule has 1 aliphatic rings. The molecule has 0 radical (unpaired) electrons. The van der Waals surface area contributed by atoms with Gasteiger partial charge in [-0.1, -0.05) is 97.8 Å². The van der Waals surface area contributed by atoms with Crippen LogP contribution in [-0.4, -0.2) is 33.7 Å². The third-order valence-corrected chi connectivity index (χ3v) is 6.70. The smallest absolute Gasteiger partial charge is 0.124 e. The van der Waals surface area contributed by atoms with Crippen LogP contribution < -0.4 is 0 Å². The Hall–Kier alpha value is -4.18. The normalized spacial score (nSPS) is 18.7. The standard InChI is InChI=1S/C32H30N2O2/c35-29-21-11-7-17-25(29)31(23-13-3-1-4-14-23)33-27-19-9-10-20-28(27)34-32(24-15-5-2-6-16-24)26-18-8-12-22-30(26)36/h1-8,11-18,21-22,27-28,35-36H,9-10,19-20H2. The van der Waals surface area contributed by atoms with Crippen molar-refractivity contribution in [3.8, 4) is 11.5 Å². The van der Waals surface area contributed by atoms with Crippen molar-refractivity contribution in [2.24, 2.45) is 9.98 Å². The highest BCUT2D eigenvalue weighted by Crippen LogP contribution is 2.30. The minimum absolute atomic E-state index is 0.0434. The molecule has 2 N–H and O–H groups in total. The fourth-order valence-electron chi connectivity index (χ4n) is 4.86. The van der Waals surface area contributed by atoms with Gasteiger partial charge in [0, 0.05) is 22.3 Å². The SMILES string of the molecule is Oc1ccccc1C(=NC1CCCCC1N=C(c1ccccc1)c1ccccc1O)c1ccccc1. The van der Waals surface area contributed by atoms with E-state index in [0.29, 0.717) is 0 Å². The number of aliphatic imine (C=N–C) groups is 2. The first-order valence-electron chi connectivity index (χ1n) is 12.5.